The average molecular weight is 318 g/mol. The number of rotatable bonds is 7. The van der Waals surface area contributed by atoms with Crippen molar-refractivity contribution in [3.05, 3.63) is 24.3 Å². The van der Waals surface area contributed by atoms with Crippen molar-refractivity contribution in [3.8, 4) is 5.75 Å². The average Bonchev–Trinajstić information content (AvgIpc) is 3.28. The Kier molecular flexibility index (Phi) is 4.94. The van der Waals surface area contributed by atoms with Gasteiger partial charge in [-0.3, -0.25) is 0 Å². The van der Waals surface area contributed by atoms with Crippen LogP contribution in [0.1, 0.15) is 19.8 Å². The molecular weight excluding hydrogens is 298 g/mol. The van der Waals surface area contributed by atoms with E-state index in [4.69, 9.17) is 16.3 Å². The highest BCUT2D eigenvalue weighted by Gasteiger charge is 2.35. The first-order valence-corrected chi connectivity index (χ1v) is 8.71. The normalized spacial score (nSPS) is 17.2. The van der Waals surface area contributed by atoms with E-state index < -0.39 is 10.0 Å². The summed E-state index contributed by atoms with van der Waals surface area (Å²) in [4.78, 5) is 0.297. The molecule has 112 valence electrons. The lowest BCUT2D eigenvalue weighted by atomic mass is 10.2. The summed E-state index contributed by atoms with van der Waals surface area (Å²) in [6.45, 7) is 2.37. The molecule has 0 N–H and O–H groups in total. The van der Waals surface area contributed by atoms with E-state index in [2.05, 4.69) is 0 Å². The minimum absolute atomic E-state index is 0.0483. The van der Waals surface area contributed by atoms with Gasteiger partial charge in [0.05, 0.1) is 10.8 Å². The minimum Gasteiger partial charge on any atom is -0.492 e. The molecule has 1 unspecified atom stereocenters. The van der Waals surface area contributed by atoms with Crippen molar-refractivity contribution >= 4 is 21.6 Å². The van der Waals surface area contributed by atoms with Crippen molar-refractivity contribution in [2.75, 3.05) is 19.5 Å². The summed E-state index contributed by atoms with van der Waals surface area (Å²) in [5, 5.41) is 0. The zero-order valence-corrected chi connectivity index (χ0v) is 13.3. The molecule has 0 aliphatic heterocycles. The molecule has 0 amide bonds. The molecule has 1 aliphatic carbocycles. The first kappa shape index (κ1) is 15.6. The van der Waals surface area contributed by atoms with Crippen molar-refractivity contribution in [1.82, 2.24) is 4.31 Å². The standard InChI is InChI=1S/C14H20ClNO3S/c1-11(12-3-4-12)16(2)20(17,18)14-7-5-13(6-8-14)19-10-9-15/h5-8,11-12H,3-4,9-10H2,1-2H3. The van der Waals surface area contributed by atoms with Gasteiger partial charge in [0.2, 0.25) is 10.0 Å². The first-order chi connectivity index (χ1) is 9.46. The highest BCUT2D eigenvalue weighted by atomic mass is 35.5. The molecule has 0 saturated heterocycles. The van der Waals surface area contributed by atoms with E-state index in [-0.39, 0.29) is 6.04 Å². The van der Waals surface area contributed by atoms with E-state index in [1.54, 1.807) is 31.3 Å². The first-order valence-electron chi connectivity index (χ1n) is 6.73. The summed E-state index contributed by atoms with van der Waals surface area (Å²) in [5.41, 5.74) is 0. The van der Waals surface area contributed by atoms with Gasteiger partial charge in [-0.25, -0.2) is 8.42 Å². The maximum atomic E-state index is 12.5. The predicted molar refractivity (Wildman–Crippen MR) is 79.8 cm³/mol. The zero-order valence-electron chi connectivity index (χ0n) is 11.8. The summed E-state index contributed by atoms with van der Waals surface area (Å²) in [6.07, 6.45) is 2.23. The van der Waals surface area contributed by atoms with Crippen molar-refractivity contribution in [2.24, 2.45) is 5.92 Å². The number of sulfonamides is 1. The van der Waals surface area contributed by atoms with Crippen LogP contribution in [0.25, 0.3) is 0 Å². The molecule has 1 aromatic rings. The Hall–Kier alpha value is -0.780. The Morgan fingerprint density at radius 3 is 2.45 bits per heavy atom. The van der Waals surface area contributed by atoms with Crippen LogP contribution < -0.4 is 4.74 Å². The van der Waals surface area contributed by atoms with Gasteiger partial charge in [0.15, 0.2) is 0 Å². The van der Waals surface area contributed by atoms with Crippen LogP contribution in [-0.4, -0.2) is 38.3 Å². The third-order valence-corrected chi connectivity index (χ3v) is 5.84. The molecular formula is C14H20ClNO3S. The Morgan fingerprint density at radius 1 is 1.35 bits per heavy atom. The summed E-state index contributed by atoms with van der Waals surface area (Å²) in [7, 11) is -1.78. The second kappa shape index (κ2) is 6.33. The monoisotopic (exact) mass is 317 g/mol. The minimum atomic E-state index is -3.43. The Balaban J connectivity index is 2.12. The van der Waals surface area contributed by atoms with Crippen LogP contribution in [0.2, 0.25) is 0 Å². The summed E-state index contributed by atoms with van der Waals surface area (Å²) < 4.78 is 31.8. The predicted octanol–water partition coefficient (Wildman–Crippen LogP) is 2.72. The second-order valence-electron chi connectivity index (χ2n) is 5.11. The zero-order chi connectivity index (χ0) is 14.8. The van der Waals surface area contributed by atoms with Crippen molar-refractivity contribution in [2.45, 2.75) is 30.7 Å². The maximum absolute atomic E-state index is 12.5. The van der Waals surface area contributed by atoms with E-state index in [1.807, 2.05) is 6.92 Å². The van der Waals surface area contributed by atoms with Crippen molar-refractivity contribution < 1.29 is 13.2 Å². The Bertz CT molecular complexity index is 540. The van der Waals surface area contributed by atoms with Gasteiger partial charge in [0.1, 0.15) is 12.4 Å². The number of hydrogen-bond donors (Lipinski definition) is 0. The largest absolute Gasteiger partial charge is 0.492 e. The van der Waals surface area contributed by atoms with Crippen LogP contribution in [0.3, 0.4) is 0 Å². The molecule has 1 aromatic carbocycles. The van der Waals surface area contributed by atoms with E-state index in [9.17, 15) is 8.42 Å². The molecule has 20 heavy (non-hydrogen) atoms. The van der Waals surface area contributed by atoms with E-state index in [0.717, 1.165) is 12.8 Å². The Labute approximate surface area is 125 Å². The van der Waals surface area contributed by atoms with Gasteiger partial charge in [-0.2, -0.15) is 4.31 Å². The van der Waals surface area contributed by atoms with Crippen molar-refractivity contribution in [3.63, 3.8) is 0 Å². The molecule has 0 bridgehead atoms. The topological polar surface area (TPSA) is 46.6 Å². The third kappa shape index (κ3) is 3.45. The van der Waals surface area contributed by atoms with Crippen LogP contribution >= 0.6 is 11.6 Å². The molecule has 1 atom stereocenters. The number of alkyl halides is 1. The molecule has 2 rings (SSSR count). The molecule has 0 radical (unpaired) electrons. The smallest absolute Gasteiger partial charge is 0.243 e. The summed E-state index contributed by atoms with van der Waals surface area (Å²) >= 11 is 5.54. The van der Waals surface area contributed by atoms with Crippen LogP contribution in [0.4, 0.5) is 0 Å². The van der Waals surface area contributed by atoms with Crippen LogP contribution in [0, 0.1) is 5.92 Å². The number of ether oxygens (including phenoxy) is 1. The number of benzene rings is 1. The number of hydrogen-bond acceptors (Lipinski definition) is 3. The fraction of sp³-hybridized carbons (Fsp3) is 0.571. The summed E-state index contributed by atoms with van der Waals surface area (Å²) in [5.74, 6) is 1.53. The molecule has 6 heteroatoms. The van der Waals surface area contributed by atoms with Crippen LogP contribution in [-0.2, 0) is 10.0 Å². The molecule has 0 spiro atoms. The van der Waals surface area contributed by atoms with E-state index in [0.29, 0.717) is 29.0 Å². The molecule has 0 heterocycles. The van der Waals surface area contributed by atoms with Gasteiger partial charge in [-0.05, 0) is 49.9 Å². The van der Waals surface area contributed by atoms with Gasteiger partial charge < -0.3 is 4.74 Å². The van der Waals surface area contributed by atoms with Crippen LogP contribution in [0.15, 0.2) is 29.2 Å². The lowest BCUT2D eigenvalue weighted by Crippen LogP contribution is -2.36. The van der Waals surface area contributed by atoms with Gasteiger partial charge in [0, 0.05) is 13.1 Å². The molecule has 0 aromatic heterocycles. The second-order valence-corrected chi connectivity index (χ2v) is 7.48. The maximum Gasteiger partial charge on any atom is 0.243 e. The van der Waals surface area contributed by atoms with E-state index in [1.165, 1.54) is 4.31 Å². The highest BCUT2D eigenvalue weighted by Crippen LogP contribution is 2.36. The van der Waals surface area contributed by atoms with Gasteiger partial charge >= 0.3 is 0 Å². The fourth-order valence-electron chi connectivity index (χ4n) is 2.12. The SMILES string of the molecule is CC(C1CC1)N(C)S(=O)(=O)c1ccc(OCCCl)cc1. The molecule has 4 nitrogen and oxygen atoms in total. The Morgan fingerprint density at radius 2 is 1.95 bits per heavy atom. The molecule has 1 aliphatic rings. The lowest BCUT2D eigenvalue weighted by molar-refractivity contribution is 0.342. The third-order valence-electron chi connectivity index (χ3n) is 3.72. The number of nitrogens with zero attached hydrogens (tertiary/aromatic N) is 1. The summed E-state index contributed by atoms with van der Waals surface area (Å²) in [6, 6.07) is 6.53. The molecule has 1 saturated carbocycles. The van der Waals surface area contributed by atoms with Crippen LogP contribution in [0.5, 0.6) is 5.75 Å². The highest BCUT2D eigenvalue weighted by molar-refractivity contribution is 7.89. The fourth-order valence-corrected chi connectivity index (χ4v) is 3.62. The molecule has 1 fully saturated rings. The quantitative estimate of drug-likeness (QED) is 0.726. The van der Waals surface area contributed by atoms with E-state index >= 15 is 0 Å². The van der Waals surface area contributed by atoms with Gasteiger partial charge in [-0.15, -0.1) is 11.6 Å². The lowest BCUT2D eigenvalue weighted by Gasteiger charge is -2.24. The van der Waals surface area contributed by atoms with Gasteiger partial charge in [-0.1, -0.05) is 0 Å². The van der Waals surface area contributed by atoms with Crippen molar-refractivity contribution in [1.29, 1.82) is 0 Å². The van der Waals surface area contributed by atoms with Gasteiger partial charge in [0.25, 0.3) is 0 Å². The number of halogens is 1.